The maximum absolute atomic E-state index is 12.1. The molecule has 1 N–H and O–H groups in total. The van der Waals surface area contributed by atoms with Crippen LogP contribution in [0.4, 0.5) is 0 Å². The number of amides is 1. The highest BCUT2D eigenvalue weighted by molar-refractivity contribution is 5.87. The number of carboxylic acids is 1. The number of aromatic carboxylic acids is 1. The van der Waals surface area contributed by atoms with Crippen LogP contribution in [0.15, 0.2) is 23.3 Å². The molecular formula is C13H16N2O4. The van der Waals surface area contributed by atoms with Crippen LogP contribution >= 0.6 is 0 Å². The molecule has 1 heterocycles. The summed E-state index contributed by atoms with van der Waals surface area (Å²) in [6.45, 7) is 2.63. The van der Waals surface area contributed by atoms with Crippen molar-refractivity contribution in [3.05, 3.63) is 34.2 Å². The molecule has 1 saturated carbocycles. The van der Waals surface area contributed by atoms with Crippen LogP contribution in [0.5, 0.6) is 0 Å². The Kier molecular flexibility index (Phi) is 3.69. The summed E-state index contributed by atoms with van der Waals surface area (Å²) in [6, 6.07) is 1.50. The Hall–Kier alpha value is -2.11. The Labute approximate surface area is 110 Å². The van der Waals surface area contributed by atoms with E-state index in [1.807, 2.05) is 6.92 Å². The van der Waals surface area contributed by atoms with Crippen molar-refractivity contribution in [2.45, 2.75) is 32.4 Å². The Morgan fingerprint density at radius 1 is 1.47 bits per heavy atom. The lowest BCUT2D eigenvalue weighted by atomic mass is 10.2. The van der Waals surface area contributed by atoms with Crippen molar-refractivity contribution in [2.75, 3.05) is 6.54 Å². The van der Waals surface area contributed by atoms with E-state index < -0.39 is 11.4 Å². The highest BCUT2D eigenvalue weighted by atomic mass is 16.4. The Morgan fingerprint density at radius 3 is 2.68 bits per heavy atom. The fourth-order valence-electron chi connectivity index (χ4n) is 2.06. The van der Waals surface area contributed by atoms with Crippen molar-refractivity contribution in [2.24, 2.45) is 0 Å². The van der Waals surface area contributed by atoms with Crippen molar-refractivity contribution < 1.29 is 14.7 Å². The van der Waals surface area contributed by atoms with Gasteiger partial charge in [-0.25, -0.2) is 4.79 Å². The summed E-state index contributed by atoms with van der Waals surface area (Å²) in [5.74, 6) is -1.33. The Balaban J connectivity index is 2.14. The van der Waals surface area contributed by atoms with E-state index in [9.17, 15) is 14.4 Å². The van der Waals surface area contributed by atoms with Gasteiger partial charge in [0.05, 0.1) is 0 Å². The predicted octanol–water partition coefficient (Wildman–Crippen LogP) is 0.557. The van der Waals surface area contributed by atoms with Crippen LogP contribution in [0.3, 0.4) is 0 Å². The molecule has 0 radical (unpaired) electrons. The number of nitrogens with zero attached hydrogens (tertiary/aromatic N) is 2. The van der Waals surface area contributed by atoms with Crippen molar-refractivity contribution in [1.82, 2.24) is 9.47 Å². The van der Waals surface area contributed by atoms with Crippen molar-refractivity contribution in [3.63, 3.8) is 0 Å². The van der Waals surface area contributed by atoms with Crippen LogP contribution in [-0.2, 0) is 11.3 Å². The first-order valence-electron chi connectivity index (χ1n) is 6.25. The monoisotopic (exact) mass is 264 g/mol. The molecule has 6 nitrogen and oxygen atoms in total. The number of hydrogen-bond donors (Lipinski definition) is 1. The topological polar surface area (TPSA) is 79.6 Å². The minimum Gasteiger partial charge on any atom is -0.477 e. The van der Waals surface area contributed by atoms with E-state index >= 15 is 0 Å². The number of rotatable bonds is 5. The summed E-state index contributed by atoms with van der Waals surface area (Å²) in [5, 5.41) is 8.87. The Morgan fingerprint density at radius 2 is 2.16 bits per heavy atom. The van der Waals surface area contributed by atoms with Crippen molar-refractivity contribution >= 4 is 11.9 Å². The van der Waals surface area contributed by atoms with Crippen LogP contribution in [0.1, 0.15) is 30.1 Å². The van der Waals surface area contributed by atoms with Gasteiger partial charge in [-0.1, -0.05) is 0 Å². The van der Waals surface area contributed by atoms with Crippen molar-refractivity contribution in [3.8, 4) is 0 Å². The quantitative estimate of drug-likeness (QED) is 0.842. The molecule has 1 aliphatic carbocycles. The maximum atomic E-state index is 12.1. The molecule has 1 aromatic heterocycles. The molecule has 0 saturated heterocycles. The third-order valence-electron chi connectivity index (χ3n) is 3.17. The normalized spacial score (nSPS) is 14.2. The summed E-state index contributed by atoms with van der Waals surface area (Å²) in [5.41, 5.74) is -0.865. The second-order valence-corrected chi connectivity index (χ2v) is 4.61. The molecule has 0 aromatic carbocycles. The summed E-state index contributed by atoms with van der Waals surface area (Å²) in [7, 11) is 0. The third-order valence-corrected chi connectivity index (χ3v) is 3.17. The molecule has 19 heavy (non-hydrogen) atoms. The Bertz CT molecular complexity index is 560. The van der Waals surface area contributed by atoms with Gasteiger partial charge in [0.2, 0.25) is 5.91 Å². The fourth-order valence-corrected chi connectivity index (χ4v) is 2.06. The van der Waals surface area contributed by atoms with E-state index in [2.05, 4.69) is 0 Å². The molecular weight excluding hydrogens is 248 g/mol. The first-order valence-corrected chi connectivity index (χ1v) is 6.25. The molecule has 1 fully saturated rings. The van der Waals surface area contributed by atoms with E-state index in [1.54, 1.807) is 4.90 Å². The standard InChI is InChI=1S/C13H16N2O4/c1-2-15(9-3-4-9)12(17)8-14-6-5-11(16)10(7-14)13(18)19/h5-7,9H,2-4,8H2,1H3,(H,18,19). The molecule has 0 bridgehead atoms. The summed E-state index contributed by atoms with van der Waals surface area (Å²) in [4.78, 5) is 36.0. The van der Waals surface area contributed by atoms with E-state index in [0.29, 0.717) is 12.6 Å². The second-order valence-electron chi connectivity index (χ2n) is 4.61. The summed E-state index contributed by atoms with van der Waals surface area (Å²) >= 11 is 0. The van der Waals surface area contributed by atoms with Gasteiger partial charge in [-0.15, -0.1) is 0 Å². The van der Waals surface area contributed by atoms with Crippen LogP contribution < -0.4 is 5.43 Å². The predicted molar refractivity (Wildman–Crippen MR) is 68.1 cm³/mol. The number of carbonyl (C=O) groups is 2. The molecule has 1 aliphatic rings. The number of carbonyl (C=O) groups excluding carboxylic acids is 1. The first kappa shape index (κ1) is 13.3. The number of carboxylic acid groups (broad SMARTS) is 1. The van der Waals surface area contributed by atoms with E-state index in [-0.39, 0.29) is 18.0 Å². The largest absolute Gasteiger partial charge is 0.477 e. The van der Waals surface area contributed by atoms with Gasteiger partial charge < -0.3 is 14.6 Å². The third kappa shape index (κ3) is 3.01. The van der Waals surface area contributed by atoms with Crippen LogP contribution in [0, 0.1) is 0 Å². The zero-order valence-corrected chi connectivity index (χ0v) is 10.7. The van der Waals surface area contributed by atoms with Gasteiger partial charge in [0.1, 0.15) is 12.1 Å². The van der Waals surface area contributed by atoms with Crippen LogP contribution in [0.2, 0.25) is 0 Å². The lowest BCUT2D eigenvalue weighted by Crippen LogP contribution is -2.35. The summed E-state index contributed by atoms with van der Waals surface area (Å²) in [6.07, 6.45) is 4.71. The molecule has 0 unspecified atom stereocenters. The molecule has 102 valence electrons. The highest BCUT2D eigenvalue weighted by Crippen LogP contribution is 2.26. The minimum absolute atomic E-state index is 0.0509. The van der Waals surface area contributed by atoms with Gasteiger partial charge in [0.25, 0.3) is 0 Å². The first-order chi connectivity index (χ1) is 9.02. The lowest BCUT2D eigenvalue weighted by Gasteiger charge is -2.21. The van der Waals surface area contributed by atoms with Gasteiger partial charge in [0.15, 0.2) is 5.43 Å². The minimum atomic E-state index is -1.28. The van der Waals surface area contributed by atoms with Gasteiger partial charge >= 0.3 is 5.97 Å². The van der Waals surface area contributed by atoms with Gasteiger partial charge in [-0.3, -0.25) is 9.59 Å². The van der Waals surface area contributed by atoms with Gasteiger partial charge in [-0.05, 0) is 19.8 Å². The van der Waals surface area contributed by atoms with Crippen LogP contribution in [-0.4, -0.2) is 39.0 Å². The molecule has 1 aromatic rings. The number of hydrogen-bond acceptors (Lipinski definition) is 3. The zero-order chi connectivity index (χ0) is 14.0. The SMILES string of the molecule is CCN(C(=O)Cn1ccc(=O)c(C(=O)O)c1)C1CC1. The molecule has 0 spiro atoms. The second kappa shape index (κ2) is 5.26. The molecule has 0 atom stereocenters. The van der Waals surface area contributed by atoms with Gasteiger partial charge in [-0.2, -0.15) is 0 Å². The molecule has 0 aliphatic heterocycles. The average molecular weight is 264 g/mol. The van der Waals surface area contributed by atoms with Gasteiger partial charge in [0, 0.05) is 31.0 Å². The molecule has 6 heteroatoms. The zero-order valence-electron chi connectivity index (χ0n) is 10.7. The van der Waals surface area contributed by atoms with E-state index in [0.717, 1.165) is 12.8 Å². The van der Waals surface area contributed by atoms with E-state index in [4.69, 9.17) is 5.11 Å². The number of likely N-dealkylation sites (N-methyl/N-ethyl adjacent to an activating group) is 1. The fraction of sp³-hybridized carbons (Fsp3) is 0.462. The van der Waals surface area contributed by atoms with Crippen molar-refractivity contribution in [1.29, 1.82) is 0 Å². The van der Waals surface area contributed by atoms with E-state index in [1.165, 1.54) is 23.0 Å². The maximum Gasteiger partial charge on any atom is 0.341 e. The molecule has 2 rings (SSSR count). The average Bonchev–Trinajstić information content (AvgIpc) is 3.16. The highest BCUT2D eigenvalue weighted by Gasteiger charge is 2.31. The lowest BCUT2D eigenvalue weighted by molar-refractivity contribution is -0.132. The number of aromatic nitrogens is 1. The van der Waals surface area contributed by atoms with Crippen LogP contribution in [0.25, 0.3) is 0 Å². The summed E-state index contributed by atoms with van der Waals surface area (Å²) < 4.78 is 1.44. The molecule has 1 amide bonds. The smallest absolute Gasteiger partial charge is 0.341 e. The number of pyridine rings is 1.